The van der Waals surface area contributed by atoms with Crippen molar-refractivity contribution in [2.75, 3.05) is 13.7 Å². The van der Waals surface area contributed by atoms with Crippen molar-refractivity contribution >= 4 is 22.5 Å². The van der Waals surface area contributed by atoms with Gasteiger partial charge in [-0.1, -0.05) is 66.2 Å². The van der Waals surface area contributed by atoms with Gasteiger partial charge in [-0.2, -0.15) is 13.2 Å². The van der Waals surface area contributed by atoms with Crippen LogP contribution in [-0.4, -0.2) is 18.6 Å². The van der Waals surface area contributed by atoms with Gasteiger partial charge in [-0.15, -0.1) is 0 Å². The Hall–Kier alpha value is -3.94. The number of aromatic nitrogens is 1. The average molecular weight is 563 g/mol. The van der Waals surface area contributed by atoms with Gasteiger partial charge in [-0.05, 0) is 58.7 Å². The average Bonchev–Trinajstić information content (AvgIpc) is 3.35. The molecule has 4 nitrogen and oxygen atoms in total. The number of nitrogens with one attached hydrogen (secondary N) is 2. The first-order chi connectivity index (χ1) is 19.3. The third-order valence-electron chi connectivity index (χ3n) is 7.39. The summed E-state index contributed by atoms with van der Waals surface area (Å²) in [4.78, 5) is 3.63. The molecule has 0 radical (unpaired) electrons. The molecular formula is C32H26ClF3N2O2. The second-order valence-corrected chi connectivity index (χ2v) is 10.2. The van der Waals surface area contributed by atoms with Crippen LogP contribution in [0.3, 0.4) is 0 Å². The van der Waals surface area contributed by atoms with E-state index in [1.807, 2.05) is 42.5 Å². The van der Waals surface area contributed by atoms with Crippen molar-refractivity contribution in [3.05, 3.63) is 130 Å². The van der Waals surface area contributed by atoms with Crippen LogP contribution in [0.1, 0.15) is 45.5 Å². The van der Waals surface area contributed by atoms with Crippen LogP contribution in [0.4, 0.5) is 13.2 Å². The van der Waals surface area contributed by atoms with Gasteiger partial charge in [0.25, 0.3) is 0 Å². The number of H-pyrrole nitrogens is 1. The standard InChI is InChI=1S/C32H26ClF3N2O2/c1-39-28-16-20(13-14-27(28)40-18-19-7-6-8-21(15-19)32(34,35)36)30-31-29(23-10-3-5-12-26(23)38-31)24(17-37-30)22-9-2-4-11-25(22)33/h2-16,24,30,37-38H,17-18H2,1H3/t24-,30+/m1/s1. The van der Waals surface area contributed by atoms with Gasteiger partial charge in [-0.25, -0.2) is 0 Å². The van der Waals surface area contributed by atoms with Crippen LogP contribution < -0.4 is 14.8 Å². The molecule has 204 valence electrons. The van der Waals surface area contributed by atoms with Gasteiger partial charge in [0, 0.05) is 34.1 Å². The normalized spacial score (nSPS) is 17.0. The molecule has 8 heteroatoms. The van der Waals surface area contributed by atoms with Gasteiger partial charge in [0.1, 0.15) is 6.61 Å². The summed E-state index contributed by atoms with van der Waals surface area (Å²) in [5, 5.41) is 5.57. The Morgan fingerprint density at radius 3 is 2.50 bits per heavy atom. The SMILES string of the molecule is COc1cc([C@@H]2NC[C@H](c3ccccc3Cl)c3c2[nH]c2ccccc32)ccc1OCc1cccc(C(F)(F)F)c1. The van der Waals surface area contributed by atoms with Crippen LogP contribution in [0, 0.1) is 0 Å². The van der Waals surface area contributed by atoms with Gasteiger partial charge >= 0.3 is 6.18 Å². The molecule has 0 amide bonds. The van der Waals surface area contributed by atoms with E-state index in [9.17, 15) is 13.2 Å². The highest BCUT2D eigenvalue weighted by Gasteiger charge is 2.34. The first kappa shape index (κ1) is 26.3. The van der Waals surface area contributed by atoms with E-state index in [4.69, 9.17) is 21.1 Å². The minimum Gasteiger partial charge on any atom is -0.493 e. The zero-order valence-electron chi connectivity index (χ0n) is 21.6. The number of para-hydroxylation sites is 1. The van der Waals surface area contributed by atoms with E-state index >= 15 is 0 Å². The van der Waals surface area contributed by atoms with Gasteiger partial charge < -0.3 is 19.8 Å². The van der Waals surface area contributed by atoms with Gasteiger partial charge in [-0.3, -0.25) is 0 Å². The van der Waals surface area contributed by atoms with Crippen molar-refractivity contribution < 1.29 is 22.6 Å². The number of fused-ring (bicyclic) bond motifs is 3. The van der Waals surface area contributed by atoms with E-state index in [1.165, 1.54) is 11.6 Å². The van der Waals surface area contributed by atoms with Crippen molar-refractivity contribution in [3.63, 3.8) is 0 Å². The molecule has 2 heterocycles. The predicted octanol–water partition coefficient (Wildman–Crippen LogP) is 8.25. The highest BCUT2D eigenvalue weighted by atomic mass is 35.5. The monoisotopic (exact) mass is 562 g/mol. The lowest BCUT2D eigenvalue weighted by atomic mass is 9.83. The van der Waals surface area contributed by atoms with E-state index in [0.29, 0.717) is 23.6 Å². The summed E-state index contributed by atoms with van der Waals surface area (Å²) in [6.07, 6.45) is -4.41. The quantitative estimate of drug-likeness (QED) is 0.219. The molecule has 1 aliphatic heterocycles. The third kappa shape index (κ3) is 4.91. The number of hydrogen-bond acceptors (Lipinski definition) is 3. The first-order valence-corrected chi connectivity index (χ1v) is 13.3. The summed E-state index contributed by atoms with van der Waals surface area (Å²) in [7, 11) is 1.55. The molecule has 0 fully saturated rings. The van der Waals surface area contributed by atoms with Crippen LogP contribution in [0.5, 0.6) is 11.5 Å². The molecule has 2 atom stereocenters. The van der Waals surface area contributed by atoms with Crippen molar-refractivity contribution in [2.24, 2.45) is 0 Å². The third-order valence-corrected chi connectivity index (χ3v) is 7.73. The van der Waals surface area contributed by atoms with Crippen molar-refractivity contribution in [1.29, 1.82) is 0 Å². The number of alkyl halides is 3. The van der Waals surface area contributed by atoms with E-state index in [2.05, 4.69) is 28.5 Å². The largest absolute Gasteiger partial charge is 0.493 e. The molecule has 1 aromatic heterocycles. The van der Waals surface area contributed by atoms with Crippen LogP contribution in [0.15, 0.2) is 91.0 Å². The predicted molar refractivity (Wildman–Crippen MR) is 150 cm³/mol. The lowest BCUT2D eigenvalue weighted by molar-refractivity contribution is -0.137. The van der Waals surface area contributed by atoms with E-state index in [-0.39, 0.29) is 18.6 Å². The first-order valence-electron chi connectivity index (χ1n) is 12.9. The number of halogens is 4. The molecule has 0 bridgehead atoms. The molecule has 1 aliphatic rings. The molecule has 0 saturated heterocycles. The number of hydrogen-bond donors (Lipinski definition) is 2. The zero-order valence-corrected chi connectivity index (χ0v) is 22.3. The number of aromatic amines is 1. The van der Waals surface area contributed by atoms with Crippen molar-refractivity contribution in [3.8, 4) is 11.5 Å². The fourth-order valence-corrected chi connectivity index (χ4v) is 5.78. The number of ether oxygens (including phenoxy) is 2. The summed E-state index contributed by atoms with van der Waals surface area (Å²) >= 11 is 6.63. The van der Waals surface area contributed by atoms with Crippen LogP contribution in [-0.2, 0) is 12.8 Å². The summed E-state index contributed by atoms with van der Waals surface area (Å²) < 4.78 is 50.9. The van der Waals surface area contributed by atoms with Gasteiger partial charge in [0.15, 0.2) is 11.5 Å². The summed E-state index contributed by atoms with van der Waals surface area (Å²) in [5.74, 6) is 1.01. The Balaban J connectivity index is 1.32. The number of benzene rings is 4. The molecule has 0 saturated carbocycles. The highest BCUT2D eigenvalue weighted by molar-refractivity contribution is 6.31. The second kappa shape index (κ2) is 10.6. The van der Waals surface area contributed by atoms with Crippen molar-refractivity contribution in [1.82, 2.24) is 10.3 Å². The van der Waals surface area contributed by atoms with Gasteiger partial charge in [0.2, 0.25) is 0 Å². The number of methoxy groups -OCH3 is 1. The summed E-state index contributed by atoms with van der Waals surface area (Å²) in [6, 6.07) is 26.8. The maximum absolute atomic E-state index is 13.1. The minimum absolute atomic E-state index is 0.0208. The van der Waals surface area contributed by atoms with Crippen LogP contribution >= 0.6 is 11.6 Å². The molecular weight excluding hydrogens is 537 g/mol. The molecule has 0 spiro atoms. The lowest BCUT2D eigenvalue weighted by Gasteiger charge is -2.32. The Labute approximate surface area is 234 Å². The molecule has 0 aliphatic carbocycles. The summed E-state index contributed by atoms with van der Waals surface area (Å²) in [6.45, 7) is 0.659. The molecule has 4 aromatic carbocycles. The number of rotatable bonds is 6. The van der Waals surface area contributed by atoms with Crippen molar-refractivity contribution in [2.45, 2.75) is 24.7 Å². The van der Waals surface area contributed by atoms with Gasteiger partial charge in [0.05, 0.1) is 18.7 Å². The lowest BCUT2D eigenvalue weighted by Crippen LogP contribution is -2.34. The Morgan fingerprint density at radius 1 is 0.900 bits per heavy atom. The zero-order chi connectivity index (χ0) is 27.9. The molecule has 6 rings (SSSR count). The van der Waals surface area contributed by atoms with Crippen LogP contribution in [0.2, 0.25) is 5.02 Å². The molecule has 0 unspecified atom stereocenters. The fourth-order valence-electron chi connectivity index (χ4n) is 5.52. The van der Waals surface area contributed by atoms with Crippen LogP contribution in [0.25, 0.3) is 10.9 Å². The smallest absolute Gasteiger partial charge is 0.416 e. The fraction of sp³-hybridized carbons (Fsp3) is 0.188. The van der Waals surface area contributed by atoms with E-state index in [0.717, 1.165) is 44.9 Å². The second-order valence-electron chi connectivity index (χ2n) is 9.81. The Kier molecular flexibility index (Phi) is 6.94. The van der Waals surface area contributed by atoms with E-state index < -0.39 is 11.7 Å². The maximum Gasteiger partial charge on any atom is 0.416 e. The maximum atomic E-state index is 13.1. The highest BCUT2D eigenvalue weighted by Crippen LogP contribution is 2.44. The minimum atomic E-state index is -4.41. The molecule has 5 aromatic rings. The Morgan fingerprint density at radius 2 is 1.70 bits per heavy atom. The molecule has 2 N–H and O–H groups in total. The van der Waals surface area contributed by atoms with E-state index in [1.54, 1.807) is 19.2 Å². The molecule has 40 heavy (non-hydrogen) atoms. The summed E-state index contributed by atoms with van der Waals surface area (Å²) in [5.41, 5.74) is 5.05. The Bertz CT molecular complexity index is 1680. The topological polar surface area (TPSA) is 46.3 Å².